The number of carbonyl (C=O) groups excluding carboxylic acids is 1. The molecule has 3 aromatic rings. The molecule has 0 saturated carbocycles. The number of anilines is 1. The topological polar surface area (TPSA) is 86.2 Å². The molecular weight excluding hydrogens is 384 g/mol. The standard InChI is InChI=1S/C18H20N4O3S2/c1-10-15(26-11(2)19-10)9-16(23)20-18-22-21-17(27-18)8-12-5-6-13(24-3)14(7-12)25-4/h5-7H,8-9H2,1-4H3,(H,20,22,23). The van der Waals surface area contributed by atoms with E-state index in [2.05, 4.69) is 20.5 Å². The molecule has 142 valence electrons. The molecule has 2 heterocycles. The summed E-state index contributed by atoms with van der Waals surface area (Å²) in [4.78, 5) is 17.6. The largest absolute Gasteiger partial charge is 0.493 e. The zero-order valence-electron chi connectivity index (χ0n) is 15.5. The van der Waals surface area contributed by atoms with E-state index in [1.54, 1.807) is 14.2 Å². The van der Waals surface area contributed by atoms with E-state index >= 15 is 0 Å². The van der Waals surface area contributed by atoms with Gasteiger partial charge in [-0.2, -0.15) is 0 Å². The van der Waals surface area contributed by atoms with E-state index in [1.807, 2.05) is 32.0 Å². The first-order valence-corrected chi connectivity index (χ1v) is 9.88. The number of ether oxygens (including phenoxy) is 2. The minimum atomic E-state index is -0.115. The number of thiazole rings is 1. The number of aromatic nitrogens is 3. The van der Waals surface area contributed by atoms with E-state index < -0.39 is 0 Å². The van der Waals surface area contributed by atoms with Gasteiger partial charge in [0.2, 0.25) is 11.0 Å². The number of methoxy groups -OCH3 is 2. The molecule has 0 atom stereocenters. The first kappa shape index (κ1) is 19.2. The van der Waals surface area contributed by atoms with Gasteiger partial charge < -0.3 is 14.8 Å². The molecule has 0 saturated heterocycles. The number of hydrogen-bond donors (Lipinski definition) is 1. The van der Waals surface area contributed by atoms with Gasteiger partial charge >= 0.3 is 0 Å². The Hall–Kier alpha value is -2.52. The Morgan fingerprint density at radius 2 is 1.89 bits per heavy atom. The molecule has 0 aliphatic heterocycles. The highest BCUT2D eigenvalue weighted by Crippen LogP contribution is 2.29. The lowest BCUT2D eigenvalue weighted by molar-refractivity contribution is -0.115. The summed E-state index contributed by atoms with van der Waals surface area (Å²) in [5, 5.41) is 13.3. The number of hydrogen-bond acceptors (Lipinski definition) is 8. The quantitative estimate of drug-likeness (QED) is 0.649. The summed E-state index contributed by atoms with van der Waals surface area (Å²) < 4.78 is 10.6. The van der Waals surface area contributed by atoms with Crippen LogP contribution in [0, 0.1) is 13.8 Å². The molecule has 0 aliphatic rings. The second kappa shape index (κ2) is 8.45. The third-order valence-corrected chi connectivity index (χ3v) is 5.75. The Labute approximate surface area is 165 Å². The monoisotopic (exact) mass is 404 g/mol. The van der Waals surface area contributed by atoms with E-state index in [-0.39, 0.29) is 5.91 Å². The summed E-state index contributed by atoms with van der Waals surface area (Å²) in [6, 6.07) is 5.72. The van der Waals surface area contributed by atoms with Crippen LogP contribution in [0.1, 0.15) is 26.1 Å². The highest BCUT2D eigenvalue weighted by atomic mass is 32.1. The normalized spacial score (nSPS) is 10.7. The molecule has 0 bridgehead atoms. The molecule has 1 aromatic carbocycles. The third kappa shape index (κ3) is 4.81. The summed E-state index contributed by atoms with van der Waals surface area (Å²) in [6.07, 6.45) is 0.892. The van der Waals surface area contributed by atoms with E-state index in [1.165, 1.54) is 22.7 Å². The summed E-state index contributed by atoms with van der Waals surface area (Å²) in [6.45, 7) is 3.85. The zero-order chi connectivity index (χ0) is 19.4. The molecule has 0 spiro atoms. The highest BCUT2D eigenvalue weighted by Gasteiger charge is 2.13. The van der Waals surface area contributed by atoms with Gasteiger partial charge in [-0.1, -0.05) is 17.4 Å². The second-order valence-corrected chi connectivity index (χ2v) is 8.18. The molecule has 0 aliphatic carbocycles. The second-order valence-electron chi connectivity index (χ2n) is 5.83. The lowest BCUT2D eigenvalue weighted by atomic mass is 10.1. The summed E-state index contributed by atoms with van der Waals surface area (Å²) in [7, 11) is 3.21. The fourth-order valence-electron chi connectivity index (χ4n) is 2.59. The molecule has 9 heteroatoms. The number of aryl methyl sites for hydroxylation is 2. The average molecular weight is 405 g/mol. The van der Waals surface area contributed by atoms with Crippen molar-refractivity contribution in [3.05, 3.63) is 44.3 Å². The fraction of sp³-hybridized carbons (Fsp3) is 0.333. The van der Waals surface area contributed by atoms with Gasteiger partial charge in [-0.15, -0.1) is 21.5 Å². The van der Waals surface area contributed by atoms with Crippen molar-refractivity contribution in [1.82, 2.24) is 15.2 Å². The number of nitrogens with one attached hydrogen (secondary N) is 1. The smallest absolute Gasteiger partial charge is 0.231 e. The lowest BCUT2D eigenvalue weighted by Crippen LogP contribution is -2.14. The maximum atomic E-state index is 12.2. The highest BCUT2D eigenvalue weighted by molar-refractivity contribution is 7.15. The van der Waals surface area contributed by atoms with Crippen molar-refractivity contribution in [2.24, 2.45) is 0 Å². The summed E-state index contributed by atoms with van der Waals surface area (Å²) >= 11 is 2.90. The van der Waals surface area contributed by atoms with E-state index in [4.69, 9.17) is 9.47 Å². The molecule has 1 amide bonds. The van der Waals surface area contributed by atoms with Crippen molar-refractivity contribution in [3.8, 4) is 11.5 Å². The lowest BCUT2D eigenvalue weighted by Gasteiger charge is -2.08. The number of nitrogens with zero attached hydrogens (tertiary/aromatic N) is 3. The van der Waals surface area contributed by atoms with Gasteiger partial charge in [0.05, 0.1) is 31.3 Å². The van der Waals surface area contributed by atoms with E-state index in [9.17, 15) is 4.79 Å². The average Bonchev–Trinajstić information content (AvgIpc) is 3.20. The summed E-state index contributed by atoms with van der Waals surface area (Å²) in [5.74, 6) is 1.24. The Morgan fingerprint density at radius 3 is 2.56 bits per heavy atom. The number of amides is 1. The van der Waals surface area contributed by atoms with Gasteiger partial charge in [-0.25, -0.2) is 4.98 Å². The Balaban J connectivity index is 1.63. The minimum absolute atomic E-state index is 0.115. The van der Waals surface area contributed by atoms with Crippen molar-refractivity contribution in [2.45, 2.75) is 26.7 Å². The maximum Gasteiger partial charge on any atom is 0.231 e. The van der Waals surface area contributed by atoms with Gasteiger partial charge in [-0.05, 0) is 31.5 Å². The molecule has 0 fully saturated rings. The Morgan fingerprint density at radius 1 is 1.11 bits per heavy atom. The van der Waals surface area contributed by atoms with Crippen LogP contribution in [-0.2, 0) is 17.6 Å². The van der Waals surface area contributed by atoms with Crippen molar-refractivity contribution >= 4 is 33.7 Å². The van der Waals surface area contributed by atoms with Crippen molar-refractivity contribution in [3.63, 3.8) is 0 Å². The SMILES string of the molecule is COc1ccc(Cc2nnc(NC(=O)Cc3sc(C)nc3C)s2)cc1OC. The van der Waals surface area contributed by atoms with Crippen LogP contribution in [0.4, 0.5) is 5.13 Å². The zero-order valence-corrected chi connectivity index (χ0v) is 17.2. The van der Waals surface area contributed by atoms with Crippen molar-refractivity contribution in [2.75, 3.05) is 19.5 Å². The maximum absolute atomic E-state index is 12.2. The molecule has 2 aromatic heterocycles. The molecule has 0 radical (unpaired) electrons. The third-order valence-electron chi connectivity index (χ3n) is 3.84. The van der Waals surface area contributed by atoms with Gasteiger partial charge in [0.15, 0.2) is 11.5 Å². The molecule has 1 N–H and O–H groups in total. The first-order chi connectivity index (χ1) is 13.0. The fourth-order valence-corrected chi connectivity index (χ4v) is 4.31. The van der Waals surface area contributed by atoms with Crippen LogP contribution in [-0.4, -0.2) is 35.3 Å². The van der Waals surface area contributed by atoms with Crippen molar-refractivity contribution < 1.29 is 14.3 Å². The van der Waals surface area contributed by atoms with Crippen LogP contribution in [0.2, 0.25) is 0 Å². The predicted octanol–water partition coefficient (Wildman–Crippen LogP) is 3.40. The number of carbonyl (C=O) groups is 1. The van der Waals surface area contributed by atoms with Gasteiger partial charge in [0, 0.05) is 11.3 Å². The minimum Gasteiger partial charge on any atom is -0.493 e. The van der Waals surface area contributed by atoms with Crippen LogP contribution in [0.15, 0.2) is 18.2 Å². The van der Waals surface area contributed by atoms with Crippen LogP contribution in [0.3, 0.4) is 0 Å². The van der Waals surface area contributed by atoms with Crippen LogP contribution in [0.5, 0.6) is 11.5 Å². The first-order valence-electron chi connectivity index (χ1n) is 8.24. The molecular formula is C18H20N4O3S2. The van der Waals surface area contributed by atoms with Crippen molar-refractivity contribution in [1.29, 1.82) is 0 Å². The molecule has 0 unspecified atom stereocenters. The van der Waals surface area contributed by atoms with Gasteiger partial charge in [-0.3, -0.25) is 4.79 Å². The van der Waals surface area contributed by atoms with Crippen LogP contribution in [0.25, 0.3) is 0 Å². The van der Waals surface area contributed by atoms with Crippen LogP contribution < -0.4 is 14.8 Å². The van der Waals surface area contributed by atoms with Gasteiger partial charge in [0.1, 0.15) is 5.01 Å². The molecule has 27 heavy (non-hydrogen) atoms. The van der Waals surface area contributed by atoms with Gasteiger partial charge in [0.25, 0.3) is 0 Å². The molecule has 7 nitrogen and oxygen atoms in total. The summed E-state index contributed by atoms with van der Waals surface area (Å²) in [5.41, 5.74) is 1.93. The predicted molar refractivity (Wildman–Crippen MR) is 106 cm³/mol. The van der Waals surface area contributed by atoms with Crippen LogP contribution >= 0.6 is 22.7 Å². The number of benzene rings is 1. The van der Waals surface area contributed by atoms with E-state index in [0.29, 0.717) is 29.5 Å². The number of rotatable bonds is 7. The molecule has 3 rings (SSSR count). The Kier molecular flexibility index (Phi) is 6.02. The van der Waals surface area contributed by atoms with E-state index in [0.717, 1.165) is 26.1 Å². The Bertz CT molecular complexity index is 952.